The van der Waals surface area contributed by atoms with Crippen LogP contribution < -0.4 is 15.4 Å². The zero-order valence-electron chi connectivity index (χ0n) is 15.6. The van der Waals surface area contributed by atoms with Crippen molar-refractivity contribution in [2.45, 2.75) is 27.3 Å². The molecule has 7 heteroatoms. The third kappa shape index (κ3) is 4.63. The minimum absolute atomic E-state index is 0.104. The monoisotopic (exact) mass is 366 g/mol. The molecule has 1 aromatic heterocycles. The lowest BCUT2D eigenvalue weighted by Gasteiger charge is -2.12. The fourth-order valence-electron chi connectivity index (χ4n) is 2.63. The zero-order chi connectivity index (χ0) is 19.2. The van der Waals surface area contributed by atoms with Crippen LogP contribution in [0.25, 0.3) is 11.4 Å². The van der Waals surface area contributed by atoms with Crippen LogP contribution in [0.2, 0.25) is 0 Å². The first-order valence-electron chi connectivity index (χ1n) is 8.73. The normalized spacial score (nSPS) is 10.5. The van der Waals surface area contributed by atoms with Crippen LogP contribution in [0.15, 0.2) is 47.0 Å². The number of hydrogen-bond donors (Lipinski definition) is 2. The minimum atomic E-state index is -0.104. The quantitative estimate of drug-likeness (QED) is 0.657. The molecule has 1 heterocycles. The topological polar surface area (TPSA) is 89.3 Å². The molecule has 0 bridgehead atoms. The molecule has 0 spiro atoms. The van der Waals surface area contributed by atoms with Crippen molar-refractivity contribution in [3.8, 4) is 17.1 Å². The van der Waals surface area contributed by atoms with Crippen molar-refractivity contribution in [1.29, 1.82) is 0 Å². The Hall–Kier alpha value is -3.35. The van der Waals surface area contributed by atoms with Gasteiger partial charge >= 0.3 is 0 Å². The van der Waals surface area contributed by atoms with Crippen LogP contribution in [0, 0.1) is 6.92 Å². The van der Waals surface area contributed by atoms with Gasteiger partial charge in [0.25, 0.3) is 0 Å². The Morgan fingerprint density at radius 1 is 1.15 bits per heavy atom. The summed E-state index contributed by atoms with van der Waals surface area (Å²) in [5.74, 6) is 1.70. The Bertz CT molecular complexity index is 919. The summed E-state index contributed by atoms with van der Waals surface area (Å²) < 4.78 is 10.8. The van der Waals surface area contributed by atoms with Crippen LogP contribution in [-0.2, 0) is 11.3 Å². The number of nitrogens with one attached hydrogen (secondary N) is 2. The second-order valence-electron chi connectivity index (χ2n) is 5.98. The molecule has 0 aliphatic carbocycles. The molecule has 0 aliphatic rings. The lowest BCUT2D eigenvalue weighted by molar-refractivity contribution is -0.114. The molecule has 27 heavy (non-hydrogen) atoms. The van der Waals surface area contributed by atoms with E-state index in [1.165, 1.54) is 6.92 Å². The van der Waals surface area contributed by atoms with Crippen molar-refractivity contribution in [2.75, 3.05) is 17.2 Å². The Balaban J connectivity index is 1.67. The molecule has 140 valence electrons. The van der Waals surface area contributed by atoms with Gasteiger partial charge < -0.3 is 19.9 Å². The molecule has 0 saturated carbocycles. The summed E-state index contributed by atoms with van der Waals surface area (Å²) in [6.07, 6.45) is 0. The predicted molar refractivity (Wildman–Crippen MR) is 104 cm³/mol. The van der Waals surface area contributed by atoms with Gasteiger partial charge in [-0.3, -0.25) is 4.79 Å². The first-order valence-corrected chi connectivity index (χ1v) is 8.73. The number of rotatable bonds is 7. The number of nitrogens with zero attached hydrogens (tertiary/aromatic N) is 2. The van der Waals surface area contributed by atoms with Gasteiger partial charge in [0, 0.05) is 23.9 Å². The number of carbonyl (C=O) groups is 1. The van der Waals surface area contributed by atoms with Crippen molar-refractivity contribution in [3.63, 3.8) is 0 Å². The molecule has 1 amide bonds. The van der Waals surface area contributed by atoms with E-state index in [2.05, 4.69) is 20.8 Å². The van der Waals surface area contributed by atoms with Gasteiger partial charge in [-0.15, -0.1) is 0 Å². The number of carbonyl (C=O) groups excluding carboxylic acids is 1. The average Bonchev–Trinajstić information content (AvgIpc) is 3.12. The zero-order valence-corrected chi connectivity index (χ0v) is 15.6. The fraction of sp³-hybridized carbons (Fsp3) is 0.250. The third-order valence-electron chi connectivity index (χ3n) is 3.97. The molecule has 7 nitrogen and oxygen atoms in total. The van der Waals surface area contributed by atoms with Crippen molar-refractivity contribution in [1.82, 2.24) is 10.1 Å². The second kappa shape index (κ2) is 8.35. The molecule has 0 atom stereocenters. The van der Waals surface area contributed by atoms with Crippen LogP contribution in [0.1, 0.15) is 25.3 Å². The Kier molecular flexibility index (Phi) is 5.71. The van der Waals surface area contributed by atoms with Gasteiger partial charge in [-0.2, -0.15) is 4.98 Å². The molecular weight excluding hydrogens is 344 g/mol. The summed E-state index contributed by atoms with van der Waals surface area (Å²) in [5.41, 5.74) is 3.46. The molecule has 0 fully saturated rings. The lowest BCUT2D eigenvalue weighted by atomic mass is 10.1. The molecule has 3 aromatic rings. The molecule has 3 rings (SSSR count). The van der Waals surface area contributed by atoms with Gasteiger partial charge in [0.15, 0.2) is 0 Å². The maximum absolute atomic E-state index is 11.3. The Labute approximate surface area is 157 Å². The van der Waals surface area contributed by atoms with E-state index < -0.39 is 0 Å². The van der Waals surface area contributed by atoms with Crippen molar-refractivity contribution in [3.05, 3.63) is 53.9 Å². The number of benzene rings is 2. The third-order valence-corrected chi connectivity index (χ3v) is 3.97. The van der Waals surface area contributed by atoms with Gasteiger partial charge in [0.05, 0.1) is 13.2 Å². The van der Waals surface area contributed by atoms with Crippen LogP contribution in [0.3, 0.4) is 0 Å². The number of aromatic nitrogens is 2. The minimum Gasteiger partial charge on any atom is -0.494 e. The number of hydrogen-bond acceptors (Lipinski definition) is 6. The maximum Gasteiger partial charge on any atom is 0.246 e. The number of anilines is 2. The van der Waals surface area contributed by atoms with Gasteiger partial charge in [0.1, 0.15) is 5.75 Å². The van der Waals surface area contributed by atoms with Gasteiger partial charge in [-0.25, -0.2) is 0 Å². The van der Waals surface area contributed by atoms with E-state index in [0.29, 0.717) is 24.9 Å². The molecule has 2 aromatic carbocycles. The van der Waals surface area contributed by atoms with Crippen molar-refractivity contribution in [2.24, 2.45) is 0 Å². The lowest BCUT2D eigenvalue weighted by Crippen LogP contribution is -2.09. The van der Waals surface area contributed by atoms with Crippen LogP contribution >= 0.6 is 0 Å². The summed E-state index contributed by atoms with van der Waals surface area (Å²) in [7, 11) is 0. The highest BCUT2D eigenvalue weighted by Crippen LogP contribution is 2.24. The Morgan fingerprint density at radius 2 is 1.89 bits per heavy atom. The summed E-state index contributed by atoms with van der Waals surface area (Å²) >= 11 is 0. The summed E-state index contributed by atoms with van der Waals surface area (Å²) in [4.78, 5) is 15.7. The highest BCUT2D eigenvalue weighted by Gasteiger charge is 2.10. The van der Waals surface area contributed by atoms with Crippen LogP contribution in [-0.4, -0.2) is 22.7 Å². The van der Waals surface area contributed by atoms with Crippen LogP contribution in [0.5, 0.6) is 5.75 Å². The molecule has 2 N–H and O–H groups in total. The molecule has 0 radical (unpaired) electrons. The van der Waals surface area contributed by atoms with Crippen LogP contribution in [0.4, 0.5) is 11.4 Å². The fourth-order valence-corrected chi connectivity index (χ4v) is 2.63. The average molecular weight is 366 g/mol. The van der Waals surface area contributed by atoms with E-state index in [4.69, 9.17) is 9.26 Å². The standard InChI is InChI=1S/C20H22N4O3/c1-4-26-16-10-8-15(9-11-16)20-23-19(27-24-20)12-21-17-6-5-7-18(13(17)2)22-14(3)25/h5-11,21H,4,12H2,1-3H3,(H,22,25). The molecular formula is C20H22N4O3. The predicted octanol–water partition coefficient (Wildman–Crippen LogP) is 4.01. The SMILES string of the molecule is CCOc1ccc(-c2noc(CNc3cccc(NC(C)=O)c3C)n2)cc1. The van der Waals surface area contributed by atoms with Gasteiger partial charge in [-0.05, 0) is 55.8 Å². The van der Waals surface area contributed by atoms with Gasteiger partial charge in [0.2, 0.25) is 17.6 Å². The first kappa shape index (κ1) is 18.4. The van der Waals surface area contributed by atoms with Gasteiger partial charge in [-0.1, -0.05) is 11.2 Å². The summed E-state index contributed by atoms with van der Waals surface area (Å²) in [6, 6.07) is 13.2. The van der Waals surface area contributed by atoms with E-state index in [1.54, 1.807) is 0 Å². The highest BCUT2D eigenvalue weighted by atomic mass is 16.5. The van der Waals surface area contributed by atoms with Crippen molar-refractivity contribution >= 4 is 17.3 Å². The summed E-state index contributed by atoms with van der Waals surface area (Å²) in [5, 5.41) is 10.1. The second-order valence-corrected chi connectivity index (χ2v) is 5.98. The largest absolute Gasteiger partial charge is 0.494 e. The van der Waals surface area contributed by atoms with E-state index in [0.717, 1.165) is 28.3 Å². The van der Waals surface area contributed by atoms with E-state index >= 15 is 0 Å². The van der Waals surface area contributed by atoms with E-state index in [9.17, 15) is 4.79 Å². The molecule has 0 aliphatic heterocycles. The molecule has 0 unspecified atom stereocenters. The van der Waals surface area contributed by atoms with Crippen molar-refractivity contribution < 1.29 is 14.1 Å². The smallest absolute Gasteiger partial charge is 0.246 e. The first-order chi connectivity index (χ1) is 13.1. The Morgan fingerprint density at radius 3 is 2.59 bits per heavy atom. The highest BCUT2D eigenvalue weighted by molar-refractivity contribution is 5.90. The molecule has 0 saturated heterocycles. The maximum atomic E-state index is 11.3. The number of ether oxygens (including phenoxy) is 1. The van der Waals surface area contributed by atoms with E-state index in [1.807, 2.05) is 56.3 Å². The summed E-state index contributed by atoms with van der Waals surface area (Å²) in [6.45, 7) is 6.38. The van der Waals surface area contributed by atoms with E-state index in [-0.39, 0.29) is 5.91 Å². The number of amides is 1.